The van der Waals surface area contributed by atoms with Gasteiger partial charge in [-0.2, -0.15) is 0 Å². The number of aromatic amines is 2. The standard InChI is InChI=1S/C15H10ClN5O/c16-13-9(2-4-12(17)20-13)7-1-3-10-8(5-7)6-11-14(18-10)21-15(22)19-11/h1-6H,(H2,17,20)(H2,18,19,21,22). The van der Waals surface area contributed by atoms with E-state index in [1.165, 1.54) is 0 Å². The van der Waals surface area contributed by atoms with Gasteiger partial charge >= 0.3 is 5.69 Å². The molecule has 4 aromatic rings. The van der Waals surface area contributed by atoms with Crippen LogP contribution in [0, 0.1) is 0 Å². The Bertz CT molecular complexity index is 1080. The first-order chi connectivity index (χ1) is 10.6. The zero-order valence-electron chi connectivity index (χ0n) is 11.2. The molecular formula is C15H10ClN5O. The quantitative estimate of drug-likeness (QED) is 0.470. The van der Waals surface area contributed by atoms with Gasteiger partial charge in [-0.3, -0.25) is 4.98 Å². The third-order valence-corrected chi connectivity index (χ3v) is 3.76. The minimum Gasteiger partial charge on any atom is -0.384 e. The number of nitrogens with one attached hydrogen (secondary N) is 2. The molecular weight excluding hydrogens is 302 g/mol. The SMILES string of the molecule is Nc1ccc(-c2ccc3nc4[nH]c(=O)[nH]c4cc3c2)c(Cl)n1. The highest BCUT2D eigenvalue weighted by molar-refractivity contribution is 6.32. The van der Waals surface area contributed by atoms with Gasteiger partial charge in [0.25, 0.3) is 0 Å². The highest BCUT2D eigenvalue weighted by Gasteiger charge is 2.08. The highest BCUT2D eigenvalue weighted by atomic mass is 35.5. The summed E-state index contributed by atoms with van der Waals surface area (Å²) in [7, 11) is 0. The average molecular weight is 312 g/mol. The molecule has 0 fully saturated rings. The van der Waals surface area contributed by atoms with Crippen molar-refractivity contribution in [3.63, 3.8) is 0 Å². The van der Waals surface area contributed by atoms with Gasteiger partial charge in [0.15, 0.2) is 5.65 Å². The summed E-state index contributed by atoms with van der Waals surface area (Å²) in [6, 6.07) is 11.1. The molecule has 0 aliphatic rings. The lowest BCUT2D eigenvalue weighted by Gasteiger charge is -2.06. The van der Waals surface area contributed by atoms with Crippen molar-refractivity contribution in [1.82, 2.24) is 19.9 Å². The van der Waals surface area contributed by atoms with Crippen molar-refractivity contribution < 1.29 is 0 Å². The molecule has 7 heteroatoms. The molecule has 0 aliphatic carbocycles. The second-order valence-corrected chi connectivity index (χ2v) is 5.30. The molecule has 0 spiro atoms. The van der Waals surface area contributed by atoms with Crippen molar-refractivity contribution in [3.8, 4) is 11.1 Å². The smallest absolute Gasteiger partial charge is 0.325 e. The molecule has 4 rings (SSSR count). The second kappa shape index (κ2) is 4.57. The summed E-state index contributed by atoms with van der Waals surface area (Å²) >= 11 is 6.15. The Hall–Kier alpha value is -2.86. The van der Waals surface area contributed by atoms with Gasteiger partial charge in [0.1, 0.15) is 11.0 Å². The highest BCUT2D eigenvalue weighted by Crippen LogP contribution is 2.29. The number of benzene rings is 1. The molecule has 3 aromatic heterocycles. The third-order valence-electron chi connectivity index (χ3n) is 3.48. The normalized spacial score (nSPS) is 11.3. The Kier molecular flexibility index (Phi) is 2.67. The molecule has 6 nitrogen and oxygen atoms in total. The summed E-state index contributed by atoms with van der Waals surface area (Å²) < 4.78 is 0. The largest absolute Gasteiger partial charge is 0.384 e. The Balaban J connectivity index is 1.95. The summed E-state index contributed by atoms with van der Waals surface area (Å²) in [4.78, 5) is 25.2. The van der Waals surface area contributed by atoms with Crippen molar-refractivity contribution in [2.45, 2.75) is 0 Å². The molecule has 3 heterocycles. The van der Waals surface area contributed by atoms with Gasteiger partial charge in [-0.05, 0) is 35.9 Å². The number of hydrogen-bond donors (Lipinski definition) is 3. The summed E-state index contributed by atoms with van der Waals surface area (Å²) in [5.74, 6) is 0.378. The average Bonchev–Trinajstić information content (AvgIpc) is 2.83. The van der Waals surface area contributed by atoms with Crippen molar-refractivity contribution in [1.29, 1.82) is 0 Å². The second-order valence-electron chi connectivity index (χ2n) is 4.95. The molecule has 0 amide bonds. The molecule has 4 N–H and O–H groups in total. The summed E-state index contributed by atoms with van der Waals surface area (Å²) in [5, 5.41) is 1.25. The van der Waals surface area contributed by atoms with Gasteiger partial charge in [0.2, 0.25) is 0 Å². The molecule has 0 aliphatic heterocycles. The van der Waals surface area contributed by atoms with Gasteiger partial charge in [-0.1, -0.05) is 17.7 Å². The van der Waals surface area contributed by atoms with Crippen LogP contribution in [-0.4, -0.2) is 19.9 Å². The van der Waals surface area contributed by atoms with E-state index in [1.807, 2.05) is 30.3 Å². The minimum absolute atomic E-state index is 0.274. The number of fused-ring (bicyclic) bond motifs is 2. The first-order valence-electron chi connectivity index (χ1n) is 6.55. The lowest BCUT2D eigenvalue weighted by molar-refractivity contribution is 1.20. The van der Waals surface area contributed by atoms with E-state index < -0.39 is 0 Å². The Labute approximate surface area is 129 Å². The molecule has 0 atom stereocenters. The molecule has 0 unspecified atom stereocenters. The zero-order chi connectivity index (χ0) is 15.3. The van der Waals surface area contributed by atoms with E-state index in [4.69, 9.17) is 17.3 Å². The number of anilines is 1. The lowest BCUT2D eigenvalue weighted by Crippen LogP contribution is -1.99. The Morgan fingerprint density at radius 2 is 1.91 bits per heavy atom. The van der Waals surface area contributed by atoms with Crippen LogP contribution in [0.3, 0.4) is 0 Å². The Morgan fingerprint density at radius 1 is 1.05 bits per heavy atom. The number of halogens is 1. The maximum atomic E-state index is 11.3. The van der Waals surface area contributed by atoms with Crippen molar-refractivity contribution in [2.24, 2.45) is 0 Å². The molecule has 0 radical (unpaired) electrons. The maximum absolute atomic E-state index is 11.3. The first kappa shape index (κ1) is 12.8. The van der Waals surface area contributed by atoms with E-state index in [9.17, 15) is 4.79 Å². The number of hydrogen-bond acceptors (Lipinski definition) is 4. The summed E-state index contributed by atoms with van der Waals surface area (Å²) in [6.45, 7) is 0. The molecule has 0 saturated heterocycles. The molecule has 1 aromatic carbocycles. The van der Waals surface area contributed by atoms with Crippen LogP contribution in [0.1, 0.15) is 0 Å². The predicted molar refractivity (Wildman–Crippen MR) is 86.9 cm³/mol. The monoisotopic (exact) mass is 311 g/mol. The summed E-state index contributed by atoms with van der Waals surface area (Å²) in [6.07, 6.45) is 0. The Morgan fingerprint density at radius 3 is 2.73 bits per heavy atom. The van der Waals surface area contributed by atoms with Gasteiger partial charge in [-0.15, -0.1) is 0 Å². The van der Waals surface area contributed by atoms with Crippen LogP contribution in [0.15, 0.2) is 41.2 Å². The number of rotatable bonds is 1. The fourth-order valence-electron chi connectivity index (χ4n) is 2.46. The summed E-state index contributed by atoms with van der Waals surface area (Å²) in [5.41, 5.74) is 9.03. The van der Waals surface area contributed by atoms with Crippen molar-refractivity contribution in [2.75, 3.05) is 5.73 Å². The van der Waals surface area contributed by atoms with Gasteiger partial charge in [0.05, 0.1) is 11.0 Å². The van der Waals surface area contributed by atoms with Crippen molar-refractivity contribution in [3.05, 3.63) is 52.0 Å². The molecule has 108 valence electrons. The van der Waals surface area contributed by atoms with Crippen LogP contribution in [0.4, 0.5) is 5.82 Å². The van der Waals surface area contributed by atoms with Crippen LogP contribution < -0.4 is 11.4 Å². The predicted octanol–water partition coefficient (Wildman–Crippen LogP) is 2.70. The van der Waals surface area contributed by atoms with Crippen LogP contribution in [-0.2, 0) is 0 Å². The molecule has 0 saturated carbocycles. The van der Waals surface area contributed by atoms with E-state index in [-0.39, 0.29) is 5.69 Å². The van der Waals surface area contributed by atoms with Crippen molar-refractivity contribution >= 4 is 39.5 Å². The number of pyridine rings is 2. The topological polar surface area (TPSA) is 100 Å². The minimum atomic E-state index is -0.274. The third kappa shape index (κ3) is 2.01. The van der Waals surface area contributed by atoms with Gasteiger partial charge in [0, 0.05) is 10.9 Å². The van der Waals surface area contributed by atoms with E-state index in [2.05, 4.69) is 19.9 Å². The van der Waals surface area contributed by atoms with Crippen LogP contribution in [0.5, 0.6) is 0 Å². The van der Waals surface area contributed by atoms with E-state index in [1.54, 1.807) is 6.07 Å². The van der Waals surface area contributed by atoms with E-state index in [0.717, 1.165) is 22.0 Å². The number of nitrogens with zero attached hydrogens (tertiary/aromatic N) is 2. The van der Waals surface area contributed by atoms with Gasteiger partial charge < -0.3 is 10.7 Å². The number of nitrogens with two attached hydrogens (primary N) is 1. The fourth-order valence-corrected chi connectivity index (χ4v) is 2.73. The number of H-pyrrole nitrogens is 2. The first-order valence-corrected chi connectivity index (χ1v) is 6.93. The zero-order valence-corrected chi connectivity index (χ0v) is 12.0. The fraction of sp³-hybridized carbons (Fsp3) is 0. The number of imidazole rings is 1. The van der Waals surface area contributed by atoms with Crippen LogP contribution in [0.25, 0.3) is 33.2 Å². The van der Waals surface area contributed by atoms with E-state index >= 15 is 0 Å². The number of aromatic nitrogens is 4. The van der Waals surface area contributed by atoms with Crippen LogP contribution in [0.2, 0.25) is 5.15 Å². The van der Waals surface area contributed by atoms with Crippen LogP contribution >= 0.6 is 11.6 Å². The molecule has 0 bridgehead atoms. The maximum Gasteiger partial charge on any atom is 0.325 e. The molecule has 22 heavy (non-hydrogen) atoms. The van der Waals surface area contributed by atoms with Gasteiger partial charge in [-0.25, -0.2) is 14.8 Å². The van der Waals surface area contributed by atoms with E-state index in [0.29, 0.717) is 22.1 Å². The number of nitrogen functional groups attached to an aromatic ring is 1. The lowest BCUT2D eigenvalue weighted by atomic mass is 10.0.